The van der Waals surface area contributed by atoms with E-state index in [1.165, 1.54) is 0 Å². The molecule has 0 aromatic heterocycles. The molecule has 0 amide bonds. The number of para-hydroxylation sites is 1. The van der Waals surface area contributed by atoms with Crippen molar-refractivity contribution in [3.05, 3.63) is 101 Å². The van der Waals surface area contributed by atoms with Gasteiger partial charge in [-0.2, -0.15) is 0 Å². The standard InChI is InChI=1S/C21H14ClNO2/c22-15-12-10-14(11-13-15)21(23-16-6-2-1-3-7-16)19(24)17-8-4-5-9-18(17)20(21)25/h1-13,23H. The van der Waals surface area contributed by atoms with Crippen molar-refractivity contribution in [2.24, 2.45) is 0 Å². The first kappa shape index (κ1) is 15.6. The minimum Gasteiger partial charge on any atom is -0.363 e. The molecule has 1 aliphatic carbocycles. The number of carbonyl (C=O) groups is 2. The van der Waals surface area contributed by atoms with Gasteiger partial charge in [0.1, 0.15) is 0 Å². The normalized spacial score (nSPS) is 15.1. The third kappa shape index (κ3) is 2.36. The summed E-state index contributed by atoms with van der Waals surface area (Å²) in [6.07, 6.45) is 0. The van der Waals surface area contributed by atoms with Crippen molar-refractivity contribution in [1.29, 1.82) is 0 Å². The van der Waals surface area contributed by atoms with Crippen LogP contribution in [0.5, 0.6) is 0 Å². The zero-order valence-corrected chi connectivity index (χ0v) is 14.0. The Bertz CT molecular complexity index is 930. The van der Waals surface area contributed by atoms with E-state index in [2.05, 4.69) is 5.32 Å². The number of carbonyl (C=O) groups excluding carboxylic acids is 2. The van der Waals surface area contributed by atoms with Gasteiger partial charge in [-0.25, -0.2) is 0 Å². The van der Waals surface area contributed by atoms with E-state index in [9.17, 15) is 9.59 Å². The van der Waals surface area contributed by atoms with Gasteiger partial charge in [0.15, 0.2) is 5.54 Å². The lowest BCUT2D eigenvalue weighted by Gasteiger charge is -2.29. The van der Waals surface area contributed by atoms with E-state index >= 15 is 0 Å². The molecule has 1 N–H and O–H groups in total. The molecule has 0 aliphatic heterocycles. The predicted molar refractivity (Wildman–Crippen MR) is 98.3 cm³/mol. The Kier molecular flexibility index (Phi) is 3.66. The molecular formula is C21H14ClNO2. The number of hydrogen-bond donors (Lipinski definition) is 1. The third-order valence-electron chi connectivity index (χ3n) is 4.48. The van der Waals surface area contributed by atoms with Gasteiger partial charge in [0.2, 0.25) is 11.6 Å². The van der Waals surface area contributed by atoms with E-state index in [0.717, 1.165) is 0 Å². The van der Waals surface area contributed by atoms with Crippen LogP contribution in [0.25, 0.3) is 0 Å². The van der Waals surface area contributed by atoms with Gasteiger partial charge in [-0.1, -0.05) is 66.2 Å². The maximum absolute atomic E-state index is 13.3. The molecular weight excluding hydrogens is 334 g/mol. The minimum atomic E-state index is -1.48. The van der Waals surface area contributed by atoms with Gasteiger partial charge in [-0.3, -0.25) is 9.59 Å². The Hall–Kier alpha value is -2.91. The van der Waals surface area contributed by atoms with Crippen molar-refractivity contribution >= 4 is 28.9 Å². The van der Waals surface area contributed by atoms with Crippen LogP contribution < -0.4 is 5.32 Å². The summed E-state index contributed by atoms with van der Waals surface area (Å²) in [7, 11) is 0. The highest BCUT2D eigenvalue weighted by Crippen LogP contribution is 2.40. The van der Waals surface area contributed by atoms with Crippen molar-refractivity contribution in [3.8, 4) is 0 Å². The molecule has 0 heterocycles. The summed E-state index contributed by atoms with van der Waals surface area (Å²) >= 11 is 6.00. The van der Waals surface area contributed by atoms with Crippen molar-refractivity contribution in [2.75, 3.05) is 5.32 Å². The Morgan fingerprint density at radius 2 is 1.20 bits per heavy atom. The van der Waals surface area contributed by atoms with Gasteiger partial charge in [0, 0.05) is 21.8 Å². The monoisotopic (exact) mass is 347 g/mol. The average molecular weight is 348 g/mol. The molecule has 25 heavy (non-hydrogen) atoms. The summed E-state index contributed by atoms with van der Waals surface area (Å²) in [6, 6.07) is 23.0. The highest BCUT2D eigenvalue weighted by atomic mass is 35.5. The highest BCUT2D eigenvalue weighted by Gasteiger charge is 2.54. The second-order valence-corrected chi connectivity index (χ2v) is 6.39. The van der Waals surface area contributed by atoms with Crippen LogP contribution >= 0.6 is 11.6 Å². The molecule has 0 bridgehead atoms. The number of ketones is 2. The molecule has 3 aromatic rings. The van der Waals surface area contributed by atoms with Gasteiger partial charge in [0.05, 0.1) is 0 Å². The maximum Gasteiger partial charge on any atom is 0.201 e. The number of nitrogens with one attached hydrogen (secondary N) is 1. The van der Waals surface area contributed by atoms with Crippen LogP contribution in [-0.2, 0) is 5.54 Å². The molecule has 0 unspecified atom stereocenters. The zero-order valence-electron chi connectivity index (χ0n) is 13.2. The van der Waals surface area contributed by atoms with Crippen LogP contribution in [0.2, 0.25) is 5.02 Å². The van der Waals surface area contributed by atoms with Crippen molar-refractivity contribution in [1.82, 2.24) is 0 Å². The molecule has 1 aliphatic rings. The molecule has 122 valence electrons. The Labute approximate surface area is 150 Å². The summed E-state index contributed by atoms with van der Waals surface area (Å²) in [5.41, 5.74) is 0.672. The lowest BCUT2D eigenvalue weighted by molar-refractivity contribution is 0.0819. The fraction of sp³-hybridized carbons (Fsp3) is 0.0476. The highest BCUT2D eigenvalue weighted by molar-refractivity contribution is 6.34. The lowest BCUT2D eigenvalue weighted by Crippen LogP contribution is -2.46. The average Bonchev–Trinajstić information content (AvgIpc) is 2.86. The number of benzene rings is 3. The summed E-state index contributed by atoms with van der Waals surface area (Å²) in [4.78, 5) is 26.6. The fourth-order valence-electron chi connectivity index (χ4n) is 3.27. The van der Waals surface area contributed by atoms with Crippen LogP contribution in [0.15, 0.2) is 78.9 Å². The molecule has 4 heteroatoms. The molecule has 0 spiro atoms. The van der Waals surface area contributed by atoms with E-state index < -0.39 is 5.54 Å². The van der Waals surface area contributed by atoms with Gasteiger partial charge >= 0.3 is 0 Å². The summed E-state index contributed by atoms with van der Waals surface area (Å²) in [6.45, 7) is 0. The number of anilines is 1. The molecule has 3 aromatic carbocycles. The van der Waals surface area contributed by atoms with E-state index in [1.54, 1.807) is 48.5 Å². The van der Waals surface area contributed by atoms with E-state index in [1.807, 2.05) is 30.3 Å². The van der Waals surface area contributed by atoms with Crippen molar-refractivity contribution in [2.45, 2.75) is 5.54 Å². The summed E-state index contributed by atoms with van der Waals surface area (Å²) in [5.74, 6) is -0.501. The van der Waals surface area contributed by atoms with Crippen LogP contribution in [-0.4, -0.2) is 11.6 Å². The van der Waals surface area contributed by atoms with Crippen LogP contribution in [0, 0.1) is 0 Å². The predicted octanol–water partition coefficient (Wildman–Crippen LogP) is 4.73. The number of Topliss-reactive ketones (excluding diaryl/α,β-unsaturated/α-hetero) is 2. The first-order valence-corrected chi connectivity index (χ1v) is 8.28. The molecule has 0 fully saturated rings. The second kappa shape index (κ2) is 5.87. The largest absolute Gasteiger partial charge is 0.363 e. The number of rotatable bonds is 3. The Balaban J connectivity index is 1.93. The molecule has 3 nitrogen and oxygen atoms in total. The van der Waals surface area contributed by atoms with Gasteiger partial charge in [-0.15, -0.1) is 0 Å². The Morgan fingerprint density at radius 1 is 0.680 bits per heavy atom. The van der Waals surface area contributed by atoms with Gasteiger partial charge < -0.3 is 5.32 Å². The van der Waals surface area contributed by atoms with E-state index in [-0.39, 0.29) is 11.6 Å². The summed E-state index contributed by atoms with van der Waals surface area (Å²) < 4.78 is 0. The number of halogens is 1. The fourth-order valence-corrected chi connectivity index (χ4v) is 3.40. The Morgan fingerprint density at radius 3 is 1.76 bits per heavy atom. The SMILES string of the molecule is O=C1c2ccccc2C(=O)C1(Nc1ccccc1)c1ccc(Cl)cc1. The summed E-state index contributed by atoms with van der Waals surface area (Å²) in [5, 5.41) is 3.74. The minimum absolute atomic E-state index is 0.251. The second-order valence-electron chi connectivity index (χ2n) is 5.95. The van der Waals surface area contributed by atoms with Crippen LogP contribution in [0.1, 0.15) is 26.3 Å². The first-order valence-electron chi connectivity index (χ1n) is 7.91. The molecule has 0 saturated carbocycles. The molecule has 4 rings (SSSR count). The maximum atomic E-state index is 13.3. The van der Waals surface area contributed by atoms with Crippen LogP contribution in [0.3, 0.4) is 0 Å². The van der Waals surface area contributed by atoms with Crippen molar-refractivity contribution in [3.63, 3.8) is 0 Å². The molecule has 0 atom stereocenters. The van der Waals surface area contributed by atoms with Crippen molar-refractivity contribution < 1.29 is 9.59 Å². The topological polar surface area (TPSA) is 46.2 Å². The van der Waals surface area contributed by atoms with Gasteiger partial charge in [0.25, 0.3) is 0 Å². The lowest BCUT2D eigenvalue weighted by atomic mass is 9.84. The smallest absolute Gasteiger partial charge is 0.201 e. The zero-order chi connectivity index (χ0) is 17.4. The molecule has 0 radical (unpaired) electrons. The number of hydrogen-bond acceptors (Lipinski definition) is 3. The third-order valence-corrected chi connectivity index (χ3v) is 4.73. The van der Waals surface area contributed by atoms with Crippen LogP contribution in [0.4, 0.5) is 5.69 Å². The van der Waals surface area contributed by atoms with Gasteiger partial charge in [-0.05, 0) is 29.8 Å². The van der Waals surface area contributed by atoms with E-state index in [4.69, 9.17) is 11.6 Å². The quantitative estimate of drug-likeness (QED) is 0.697. The van der Waals surface area contributed by atoms with E-state index in [0.29, 0.717) is 27.4 Å². The first-order chi connectivity index (χ1) is 12.1. The number of fused-ring (bicyclic) bond motifs is 1. The molecule has 0 saturated heterocycles.